The maximum atomic E-state index is 11.9. The first-order valence-corrected chi connectivity index (χ1v) is 8.26. The molecule has 0 unspecified atom stereocenters. The maximum absolute atomic E-state index is 11.9. The summed E-state index contributed by atoms with van der Waals surface area (Å²) in [5.41, 5.74) is 0.870. The molecule has 0 aliphatic rings. The van der Waals surface area contributed by atoms with E-state index < -0.39 is 11.5 Å². The van der Waals surface area contributed by atoms with Crippen LogP contribution in [0.1, 0.15) is 25.0 Å². The van der Waals surface area contributed by atoms with E-state index in [4.69, 9.17) is 4.74 Å². The van der Waals surface area contributed by atoms with Crippen molar-refractivity contribution in [3.8, 4) is 5.75 Å². The van der Waals surface area contributed by atoms with Crippen molar-refractivity contribution in [1.82, 2.24) is 5.32 Å². The average Bonchev–Trinajstić information content (AvgIpc) is 2.65. The Balaban J connectivity index is 1.89. The van der Waals surface area contributed by atoms with Gasteiger partial charge in [-0.25, -0.2) is 4.79 Å². The van der Waals surface area contributed by atoms with Gasteiger partial charge >= 0.3 is 5.97 Å². The number of ether oxygens (including phenoxy) is 2. The number of hydrogen-bond acceptors (Lipinski definition) is 4. The summed E-state index contributed by atoms with van der Waals surface area (Å²) in [4.78, 5) is 23.5. The monoisotopic (exact) mass is 353 g/mol. The van der Waals surface area contributed by atoms with E-state index in [9.17, 15) is 9.59 Å². The van der Waals surface area contributed by atoms with Gasteiger partial charge in [0, 0.05) is 6.08 Å². The van der Waals surface area contributed by atoms with Gasteiger partial charge in [0.05, 0.1) is 7.11 Å². The second-order valence-electron chi connectivity index (χ2n) is 6.28. The molecule has 0 radical (unpaired) electrons. The van der Waals surface area contributed by atoms with E-state index >= 15 is 0 Å². The lowest BCUT2D eigenvalue weighted by Gasteiger charge is -2.22. The third-order valence-corrected chi connectivity index (χ3v) is 3.69. The van der Waals surface area contributed by atoms with E-state index in [1.807, 2.05) is 54.6 Å². The summed E-state index contributed by atoms with van der Waals surface area (Å²) >= 11 is 0. The van der Waals surface area contributed by atoms with Crippen molar-refractivity contribution in [2.24, 2.45) is 0 Å². The SMILES string of the molecule is COC(=O)C(C)(C)NC(=O)/C=C/c1ccc(OCc2ccccc2)cc1. The molecule has 2 aromatic carbocycles. The Hall–Kier alpha value is -3.08. The molecule has 2 rings (SSSR count). The summed E-state index contributed by atoms with van der Waals surface area (Å²) in [6.45, 7) is 3.67. The minimum Gasteiger partial charge on any atom is -0.489 e. The zero-order chi connectivity index (χ0) is 19.0. The van der Waals surface area contributed by atoms with E-state index in [2.05, 4.69) is 10.1 Å². The highest BCUT2D eigenvalue weighted by Crippen LogP contribution is 2.15. The quantitative estimate of drug-likeness (QED) is 0.612. The molecular weight excluding hydrogens is 330 g/mol. The van der Waals surface area contributed by atoms with Crippen LogP contribution < -0.4 is 10.1 Å². The lowest BCUT2D eigenvalue weighted by atomic mass is 10.1. The summed E-state index contributed by atoms with van der Waals surface area (Å²) < 4.78 is 10.4. The third-order valence-electron chi connectivity index (χ3n) is 3.69. The summed E-state index contributed by atoms with van der Waals surface area (Å²) in [6, 6.07) is 17.3. The minimum absolute atomic E-state index is 0.371. The Bertz CT molecular complexity index is 764. The molecule has 5 nitrogen and oxygen atoms in total. The molecule has 1 amide bonds. The molecular formula is C21H23NO4. The normalized spacial score (nSPS) is 11.2. The van der Waals surface area contributed by atoms with Gasteiger partial charge in [-0.05, 0) is 43.2 Å². The third kappa shape index (κ3) is 5.77. The standard InChI is InChI=1S/C21H23NO4/c1-21(2,20(24)25-3)22-19(23)14-11-16-9-12-18(13-10-16)26-15-17-7-5-4-6-8-17/h4-14H,15H2,1-3H3,(H,22,23)/b14-11+. The first kappa shape index (κ1) is 19.2. The molecule has 1 N–H and O–H groups in total. The van der Waals surface area contributed by atoms with Crippen molar-refractivity contribution >= 4 is 18.0 Å². The van der Waals surface area contributed by atoms with E-state index in [-0.39, 0.29) is 5.91 Å². The fraction of sp³-hybridized carbons (Fsp3) is 0.238. The Labute approximate surface area is 153 Å². The van der Waals surface area contributed by atoms with Crippen molar-refractivity contribution in [1.29, 1.82) is 0 Å². The van der Waals surface area contributed by atoms with Crippen LogP contribution in [0.25, 0.3) is 6.08 Å². The molecule has 5 heteroatoms. The highest BCUT2D eigenvalue weighted by Gasteiger charge is 2.29. The van der Waals surface area contributed by atoms with Gasteiger partial charge < -0.3 is 14.8 Å². The summed E-state index contributed by atoms with van der Waals surface area (Å²) in [5.74, 6) is -0.119. The van der Waals surface area contributed by atoms with Crippen LogP contribution in [0.3, 0.4) is 0 Å². The van der Waals surface area contributed by atoms with E-state index in [0.717, 1.165) is 16.9 Å². The molecule has 0 spiro atoms. The highest BCUT2D eigenvalue weighted by molar-refractivity contribution is 5.95. The van der Waals surface area contributed by atoms with Crippen molar-refractivity contribution in [2.45, 2.75) is 26.0 Å². The van der Waals surface area contributed by atoms with E-state index in [1.165, 1.54) is 13.2 Å². The number of hydrogen-bond donors (Lipinski definition) is 1. The molecule has 0 aliphatic carbocycles. The highest BCUT2D eigenvalue weighted by atomic mass is 16.5. The number of amides is 1. The first-order valence-electron chi connectivity index (χ1n) is 8.26. The molecule has 0 atom stereocenters. The zero-order valence-electron chi connectivity index (χ0n) is 15.2. The molecule has 2 aromatic rings. The van der Waals surface area contributed by atoms with Crippen LogP contribution in [0.5, 0.6) is 5.75 Å². The van der Waals surface area contributed by atoms with Crippen molar-refractivity contribution < 1.29 is 19.1 Å². The molecule has 0 saturated heterocycles. The molecule has 0 bridgehead atoms. The Morgan fingerprint density at radius 3 is 2.31 bits per heavy atom. The minimum atomic E-state index is -1.08. The smallest absolute Gasteiger partial charge is 0.330 e. The van der Waals surface area contributed by atoms with Gasteiger partial charge in [0.15, 0.2) is 0 Å². The van der Waals surface area contributed by atoms with E-state index in [1.54, 1.807) is 19.9 Å². The van der Waals surface area contributed by atoms with Crippen LogP contribution in [-0.4, -0.2) is 24.5 Å². The predicted octanol–water partition coefficient (Wildman–Crippen LogP) is 3.35. The van der Waals surface area contributed by atoms with Gasteiger partial charge in [-0.15, -0.1) is 0 Å². The Morgan fingerprint density at radius 1 is 1.04 bits per heavy atom. The number of nitrogens with one attached hydrogen (secondary N) is 1. The van der Waals surface area contributed by atoms with Gasteiger partial charge in [0.2, 0.25) is 5.91 Å². The molecule has 26 heavy (non-hydrogen) atoms. The second-order valence-corrected chi connectivity index (χ2v) is 6.28. The maximum Gasteiger partial charge on any atom is 0.330 e. The summed E-state index contributed by atoms with van der Waals surface area (Å²) in [6.07, 6.45) is 3.05. The van der Waals surface area contributed by atoms with Crippen LogP contribution >= 0.6 is 0 Å². The topological polar surface area (TPSA) is 64.6 Å². The summed E-state index contributed by atoms with van der Waals surface area (Å²) in [5, 5.41) is 2.60. The van der Waals surface area contributed by atoms with Crippen molar-refractivity contribution in [2.75, 3.05) is 7.11 Å². The first-order chi connectivity index (χ1) is 12.4. The number of rotatable bonds is 7. The van der Waals surface area contributed by atoms with Crippen LogP contribution in [0, 0.1) is 0 Å². The average molecular weight is 353 g/mol. The number of carbonyl (C=O) groups is 2. The lowest BCUT2D eigenvalue weighted by molar-refractivity contribution is -0.148. The Kier molecular flexibility index (Phi) is 6.55. The number of esters is 1. The molecule has 0 fully saturated rings. The van der Waals surface area contributed by atoms with E-state index in [0.29, 0.717) is 6.61 Å². The molecule has 0 aromatic heterocycles. The Morgan fingerprint density at radius 2 is 1.69 bits per heavy atom. The van der Waals surface area contributed by atoms with Crippen LogP contribution in [0.4, 0.5) is 0 Å². The van der Waals surface area contributed by atoms with Gasteiger partial charge in [-0.3, -0.25) is 4.79 Å². The van der Waals surface area contributed by atoms with Crippen molar-refractivity contribution in [3.63, 3.8) is 0 Å². The fourth-order valence-corrected chi connectivity index (χ4v) is 2.24. The predicted molar refractivity (Wildman–Crippen MR) is 100 cm³/mol. The molecule has 0 heterocycles. The van der Waals surface area contributed by atoms with Crippen LogP contribution in [-0.2, 0) is 20.9 Å². The van der Waals surface area contributed by atoms with Gasteiger partial charge in [0.1, 0.15) is 17.9 Å². The molecule has 0 aliphatic heterocycles. The van der Waals surface area contributed by atoms with Crippen LogP contribution in [0.15, 0.2) is 60.7 Å². The van der Waals surface area contributed by atoms with Gasteiger partial charge in [0.25, 0.3) is 0 Å². The number of benzene rings is 2. The van der Waals surface area contributed by atoms with Gasteiger partial charge in [-0.1, -0.05) is 42.5 Å². The van der Waals surface area contributed by atoms with Gasteiger partial charge in [-0.2, -0.15) is 0 Å². The summed E-state index contributed by atoms with van der Waals surface area (Å²) in [7, 11) is 1.29. The zero-order valence-corrected chi connectivity index (χ0v) is 15.2. The lowest BCUT2D eigenvalue weighted by Crippen LogP contribution is -2.49. The largest absolute Gasteiger partial charge is 0.489 e. The second kappa shape index (κ2) is 8.85. The fourth-order valence-electron chi connectivity index (χ4n) is 2.24. The number of carbonyl (C=O) groups excluding carboxylic acids is 2. The van der Waals surface area contributed by atoms with Crippen molar-refractivity contribution in [3.05, 3.63) is 71.8 Å². The molecule has 0 saturated carbocycles. The molecule has 136 valence electrons. The number of methoxy groups -OCH3 is 1. The van der Waals surface area contributed by atoms with Crippen LogP contribution in [0.2, 0.25) is 0 Å².